The molecule has 3 aromatic rings. The summed E-state index contributed by atoms with van der Waals surface area (Å²) in [5.41, 5.74) is 3.30. The van der Waals surface area contributed by atoms with E-state index in [4.69, 9.17) is 17.2 Å². The van der Waals surface area contributed by atoms with Crippen molar-refractivity contribution < 1.29 is 4.79 Å². The molecule has 196 valence electrons. The van der Waals surface area contributed by atoms with Crippen LogP contribution in [0, 0.1) is 12.8 Å². The Morgan fingerprint density at radius 1 is 1.03 bits per heavy atom. The van der Waals surface area contributed by atoms with Crippen LogP contribution >= 0.6 is 24.0 Å². The second kappa shape index (κ2) is 10.7. The summed E-state index contributed by atoms with van der Waals surface area (Å²) in [4.78, 5) is 36.8. The van der Waals surface area contributed by atoms with E-state index in [1.54, 1.807) is 15.4 Å². The molecule has 3 aliphatic rings. The molecule has 8 heteroatoms. The number of anilines is 1. The Morgan fingerprint density at radius 2 is 1.76 bits per heavy atom. The van der Waals surface area contributed by atoms with Gasteiger partial charge in [-0.2, -0.15) is 0 Å². The number of benzene rings is 1. The third kappa shape index (κ3) is 4.92. The van der Waals surface area contributed by atoms with E-state index in [0.717, 1.165) is 63.6 Å². The van der Waals surface area contributed by atoms with Gasteiger partial charge in [0.25, 0.3) is 11.5 Å². The lowest BCUT2D eigenvalue weighted by Crippen LogP contribution is -2.37. The first kappa shape index (κ1) is 25.3. The van der Waals surface area contributed by atoms with E-state index in [1.165, 1.54) is 17.3 Å². The number of carbonyl (C=O) groups excluding carboxylic acids is 1. The molecule has 38 heavy (non-hydrogen) atoms. The van der Waals surface area contributed by atoms with Gasteiger partial charge < -0.3 is 4.90 Å². The monoisotopic (exact) mass is 544 g/mol. The van der Waals surface area contributed by atoms with Crippen molar-refractivity contribution in [3.63, 3.8) is 0 Å². The Balaban J connectivity index is 1.33. The Morgan fingerprint density at radius 3 is 2.50 bits per heavy atom. The van der Waals surface area contributed by atoms with E-state index in [1.807, 2.05) is 25.3 Å². The van der Waals surface area contributed by atoms with Crippen LogP contribution in [0.5, 0.6) is 0 Å². The molecule has 1 saturated carbocycles. The van der Waals surface area contributed by atoms with Crippen molar-refractivity contribution in [2.45, 2.75) is 57.9 Å². The van der Waals surface area contributed by atoms with E-state index >= 15 is 0 Å². The zero-order valence-corrected chi connectivity index (χ0v) is 23.3. The summed E-state index contributed by atoms with van der Waals surface area (Å²) in [7, 11) is 0. The summed E-state index contributed by atoms with van der Waals surface area (Å²) in [6.45, 7) is 3.62. The third-order valence-electron chi connectivity index (χ3n) is 8.06. The average molecular weight is 545 g/mol. The van der Waals surface area contributed by atoms with E-state index in [9.17, 15) is 9.59 Å². The number of nitrogens with zero attached hydrogens (tertiary/aromatic N) is 4. The molecule has 0 bridgehead atoms. The first-order valence-electron chi connectivity index (χ1n) is 13.6. The number of piperidine rings is 1. The summed E-state index contributed by atoms with van der Waals surface area (Å²) >= 11 is 6.93. The number of pyridine rings is 1. The molecule has 0 radical (unpaired) electrons. The van der Waals surface area contributed by atoms with Crippen LogP contribution < -0.4 is 10.5 Å². The molecule has 0 N–H and O–H groups in total. The molecule has 2 saturated heterocycles. The number of amides is 1. The smallest absolute Gasteiger partial charge is 0.267 e. The van der Waals surface area contributed by atoms with Crippen LogP contribution in [0.3, 0.4) is 0 Å². The summed E-state index contributed by atoms with van der Waals surface area (Å²) in [5, 5.41) is 0. The van der Waals surface area contributed by atoms with Crippen LogP contribution in [0.1, 0.15) is 55.2 Å². The molecule has 6 nitrogen and oxygen atoms in total. The number of aryl methyl sites for hydroxylation is 1. The van der Waals surface area contributed by atoms with Gasteiger partial charge in [0.1, 0.15) is 15.8 Å². The largest absolute Gasteiger partial charge is 0.356 e. The van der Waals surface area contributed by atoms with Gasteiger partial charge >= 0.3 is 0 Å². The van der Waals surface area contributed by atoms with Crippen LogP contribution in [0.25, 0.3) is 11.7 Å². The maximum absolute atomic E-state index is 13.8. The van der Waals surface area contributed by atoms with Crippen molar-refractivity contribution in [2.24, 2.45) is 5.92 Å². The van der Waals surface area contributed by atoms with Crippen LogP contribution in [-0.4, -0.2) is 43.6 Å². The van der Waals surface area contributed by atoms with Gasteiger partial charge in [-0.1, -0.05) is 73.2 Å². The molecule has 3 fully saturated rings. The number of rotatable bonds is 5. The highest BCUT2D eigenvalue weighted by Crippen LogP contribution is 2.38. The Labute approximate surface area is 232 Å². The second-order valence-corrected chi connectivity index (χ2v) is 12.4. The summed E-state index contributed by atoms with van der Waals surface area (Å²) in [5.74, 6) is 1.19. The van der Waals surface area contributed by atoms with Gasteiger partial charge in [-0.05, 0) is 68.2 Å². The fourth-order valence-corrected chi connectivity index (χ4v) is 7.38. The lowest BCUT2D eigenvalue weighted by atomic mass is 9.90. The van der Waals surface area contributed by atoms with Crippen molar-refractivity contribution in [1.29, 1.82) is 0 Å². The number of thioether (sulfide) groups is 1. The SMILES string of the molecule is Cc1ccc2nc(N3CCC(Cc4ccccc4)CC3)c(C=C3SC(=S)N(C4CCCC4)C3=O)c(=O)n2c1. The molecule has 6 rings (SSSR count). The quantitative estimate of drug-likeness (QED) is 0.308. The highest BCUT2D eigenvalue weighted by atomic mass is 32.2. The maximum atomic E-state index is 13.8. The number of aromatic nitrogens is 2. The molecule has 1 aliphatic carbocycles. The van der Waals surface area contributed by atoms with E-state index in [0.29, 0.717) is 32.2 Å². The van der Waals surface area contributed by atoms with Crippen LogP contribution in [0.2, 0.25) is 0 Å². The number of fused-ring (bicyclic) bond motifs is 1. The molecule has 0 atom stereocenters. The maximum Gasteiger partial charge on any atom is 0.267 e. The molecule has 1 amide bonds. The van der Waals surface area contributed by atoms with Crippen molar-refractivity contribution in [1.82, 2.24) is 14.3 Å². The molecular weight excluding hydrogens is 512 g/mol. The summed E-state index contributed by atoms with van der Waals surface area (Å²) in [6.07, 6.45) is 10.9. The molecular formula is C30H32N4O2S2. The first-order chi connectivity index (χ1) is 18.5. The second-order valence-electron chi connectivity index (χ2n) is 10.7. The first-order valence-corrected chi connectivity index (χ1v) is 14.8. The molecule has 0 unspecified atom stereocenters. The van der Waals surface area contributed by atoms with Crippen molar-refractivity contribution in [3.05, 3.63) is 80.6 Å². The Bertz CT molecular complexity index is 1470. The zero-order chi connectivity index (χ0) is 26.2. The fourth-order valence-electron chi connectivity index (χ4n) is 6.00. The molecule has 0 spiro atoms. The van der Waals surface area contributed by atoms with Gasteiger partial charge in [0.05, 0.1) is 10.5 Å². The minimum atomic E-state index is -0.147. The predicted octanol–water partition coefficient (Wildman–Crippen LogP) is 5.61. The van der Waals surface area contributed by atoms with Gasteiger partial charge in [0, 0.05) is 25.3 Å². The van der Waals surface area contributed by atoms with E-state index in [2.05, 4.69) is 35.2 Å². The molecule has 2 aliphatic heterocycles. The van der Waals surface area contributed by atoms with E-state index < -0.39 is 0 Å². The zero-order valence-electron chi connectivity index (χ0n) is 21.6. The number of hydrogen-bond donors (Lipinski definition) is 0. The Hall–Kier alpha value is -2.97. The number of hydrogen-bond acceptors (Lipinski definition) is 6. The third-order valence-corrected chi connectivity index (χ3v) is 9.39. The molecule has 1 aromatic carbocycles. The normalized spacial score (nSPS) is 20.4. The highest BCUT2D eigenvalue weighted by Gasteiger charge is 2.38. The van der Waals surface area contributed by atoms with Gasteiger partial charge in [-0.25, -0.2) is 4.98 Å². The fraction of sp³-hybridized carbons (Fsp3) is 0.400. The van der Waals surface area contributed by atoms with Crippen molar-refractivity contribution in [2.75, 3.05) is 18.0 Å². The standard InChI is InChI=1S/C30H32N4O2S2/c1-20-11-12-26-31-27(32-15-13-22(14-16-32)17-21-7-3-2-4-8-21)24(28(35)33(26)19-20)18-25-29(36)34(30(37)38-25)23-9-5-6-10-23/h2-4,7-8,11-12,18-19,22-23H,5-6,9-10,13-17H2,1H3. The number of thiocarbonyl (C=S) groups is 1. The lowest BCUT2D eigenvalue weighted by Gasteiger charge is -2.33. The van der Waals surface area contributed by atoms with Gasteiger partial charge in [-0.3, -0.25) is 18.9 Å². The highest BCUT2D eigenvalue weighted by molar-refractivity contribution is 8.26. The minimum absolute atomic E-state index is 0.0758. The molecule has 2 aromatic heterocycles. The predicted molar refractivity (Wildman–Crippen MR) is 159 cm³/mol. The van der Waals surface area contributed by atoms with Crippen molar-refractivity contribution >= 4 is 51.7 Å². The van der Waals surface area contributed by atoms with Crippen LogP contribution in [0.15, 0.2) is 58.4 Å². The lowest BCUT2D eigenvalue weighted by molar-refractivity contribution is -0.123. The van der Waals surface area contributed by atoms with Gasteiger partial charge in [-0.15, -0.1) is 0 Å². The molecule has 4 heterocycles. The number of carbonyl (C=O) groups is 1. The summed E-state index contributed by atoms with van der Waals surface area (Å²) < 4.78 is 2.20. The van der Waals surface area contributed by atoms with E-state index in [-0.39, 0.29) is 17.5 Å². The summed E-state index contributed by atoms with van der Waals surface area (Å²) in [6, 6.07) is 14.7. The van der Waals surface area contributed by atoms with Crippen LogP contribution in [-0.2, 0) is 11.2 Å². The minimum Gasteiger partial charge on any atom is -0.356 e. The van der Waals surface area contributed by atoms with Gasteiger partial charge in [0.15, 0.2) is 0 Å². The Kier molecular flexibility index (Phi) is 7.10. The average Bonchev–Trinajstić information content (AvgIpc) is 3.54. The topological polar surface area (TPSA) is 57.9 Å². The van der Waals surface area contributed by atoms with Gasteiger partial charge in [0.2, 0.25) is 0 Å². The van der Waals surface area contributed by atoms with Crippen molar-refractivity contribution in [3.8, 4) is 0 Å². The van der Waals surface area contributed by atoms with Crippen LogP contribution in [0.4, 0.5) is 5.82 Å².